The van der Waals surface area contributed by atoms with Crippen LogP contribution >= 0.6 is 0 Å². The number of carbonyl (C=O) groups is 1. The zero-order chi connectivity index (χ0) is 13.7. The standard InChI is InChI=1S/C15H21NO3/c1-12-15(18,9-10-19-12)11-16-14(17)8-7-13-5-3-2-4-6-13/h2-6,12,18H,7-11H2,1H3,(H,16,17). The fourth-order valence-electron chi connectivity index (χ4n) is 2.25. The fourth-order valence-corrected chi connectivity index (χ4v) is 2.25. The van der Waals surface area contributed by atoms with Crippen LogP contribution in [0.25, 0.3) is 0 Å². The first-order valence-corrected chi connectivity index (χ1v) is 6.75. The van der Waals surface area contributed by atoms with Crippen molar-refractivity contribution in [2.75, 3.05) is 13.2 Å². The summed E-state index contributed by atoms with van der Waals surface area (Å²) in [6.07, 6.45) is 1.52. The van der Waals surface area contributed by atoms with Gasteiger partial charge in [0.2, 0.25) is 5.91 Å². The normalized spacial score (nSPS) is 26.3. The largest absolute Gasteiger partial charge is 0.385 e. The molecule has 4 heteroatoms. The zero-order valence-electron chi connectivity index (χ0n) is 11.3. The molecule has 2 N–H and O–H groups in total. The van der Waals surface area contributed by atoms with Gasteiger partial charge in [0.05, 0.1) is 6.10 Å². The molecule has 1 aromatic carbocycles. The van der Waals surface area contributed by atoms with Crippen molar-refractivity contribution in [1.29, 1.82) is 0 Å². The molecule has 0 aromatic heterocycles. The second-order valence-corrected chi connectivity index (χ2v) is 5.13. The van der Waals surface area contributed by atoms with Crippen LogP contribution < -0.4 is 5.32 Å². The van der Waals surface area contributed by atoms with Crippen molar-refractivity contribution in [1.82, 2.24) is 5.32 Å². The summed E-state index contributed by atoms with van der Waals surface area (Å²) in [7, 11) is 0. The third kappa shape index (κ3) is 3.78. The predicted molar refractivity (Wildman–Crippen MR) is 72.8 cm³/mol. The molecular weight excluding hydrogens is 242 g/mol. The first-order valence-electron chi connectivity index (χ1n) is 6.75. The molecule has 1 aliphatic rings. The van der Waals surface area contributed by atoms with E-state index >= 15 is 0 Å². The number of carbonyl (C=O) groups excluding carboxylic acids is 1. The maximum Gasteiger partial charge on any atom is 0.220 e. The van der Waals surface area contributed by atoms with E-state index in [-0.39, 0.29) is 18.6 Å². The SMILES string of the molecule is CC1OCCC1(O)CNC(=O)CCc1ccccc1. The second kappa shape index (κ2) is 6.17. The molecule has 2 unspecified atom stereocenters. The number of ether oxygens (including phenoxy) is 1. The molecular formula is C15H21NO3. The summed E-state index contributed by atoms with van der Waals surface area (Å²) in [6.45, 7) is 2.66. The van der Waals surface area contributed by atoms with Crippen LogP contribution in [0.3, 0.4) is 0 Å². The molecule has 1 heterocycles. The summed E-state index contributed by atoms with van der Waals surface area (Å²) in [5, 5.41) is 13.1. The summed E-state index contributed by atoms with van der Waals surface area (Å²) < 4.78 is 5.33. The Labute approximate surface area is 113 Å². The highest BCUT2D eigenvalue weighted by Gasteiger charge is 2.39. The van der Waals surface area contributed by atoms with Crippen molar-refractivity contribution >= 4 is 5.91 Å². The number of aryl methyl sites for hydroxylation is 1. The van der Waals surface area contributed by atoms with Crippen molar-refractivity contribution in [3.63, 3.8) is 0 Å². The number of benzene rings is 1. The highest BCUT2D eigenvalue weighted by atomic mass is 16.5. The number of hydrogen-bond acceptors (Lipinski definition) is 3. The van der Waals surface area contributed by atoms with Crippen LogP contribution in [0.15, 0.2) is 30.3 Å². The molecule has 1 fully saturated rings. The molecule has 19 heavy (non-hydrogen) atoms. The number of amides is 1. The molecule has 0 radical (unpaired) electrons. The van der Waals surface area contributed by atoms with E-state index in [4.69, 9.17) is 4.74 Å². The van der Waals surface area contributed by atoms with Gasteiger partial charge in [-0.25, -0.2) is 0 Å². The van der Waals surface area contributed by atoms with Crippen LogP contribution in [-0.2, 0) is 16.0 Å². The Morgan fingerprint density at radius 2 is 2.21 bits per heavy atom. The van der Waals surface area contributed by atoms with Crippen molar-refractivity contribution < 1.29 is 14.6 Å². The summed E-state index contributed by atoms with van der Waals surface area (Å²) in [5.41, 5.74) is 0.233. The van der Waals surface area contributed by atoms with Gasteiger partial charge in [-0.2, -0.15) is 0 Å². The zero-order valence-corrected chi connectivity index (χ0v) is 11.3. The monoisotopic (exact) mass is 263 g/mol. The molecule has 1 saturated heterocycles. The highest BCUT2D eigenvalue weighted by Crippen LogP contribution is 2.24. The molecule has 2 rings (SSSR count). The van der Waals surface area contributed by atoms with Crippen molar-refractivity contribution in [2.24, 2.45) is 0 Å². The molecule has 104 valence electrons. The lowest BCUT2D eigenvalue weighted by Crippen LogP contribution is -2.47. The lowest BCUT2D eigenvalue weighted by atomic mass is 9.96. The van der Waals surface area contributed by atoms with E-state index in [1.165, 1.54) is 0 Å². The van der Waals surface area contributed by atoms with Crippen LogP contribution in [0.5, 0.6) is 0 Å². The third-order valence-corrected chi connectivity index (χ3v) is 3.73. The predicted octanol–water partition coefficient (Wildman–Crippen LogP) is 1.28. The molecule has 1 aliphatic heterocycles. The van der Waals surface area contributed by atoms with Gasteiger partial charge < -0.3 is 15.2 Å². The summed E-state index contributed by atoms with van der Waals surface area (Å²) in [5.74, 6) is -0.0311. The van der Waals surface area contributed by atoms with Gasteiger partial charge in [0, 0.05) is 26.0 Å². The van der Waals surface area contributed by atoms with Gasteiger partial charge in [0.1, 0.15) is 5.60 Å². The molecule has 4 nitrogen and oxygen atoms in total. The number of nitrogens with one attached hydrogen (secondary N) is 1. The number of hydrogen-bond donors (Lipinski definition) is 2. The van der Waals surface area contributed by atoms with Crippen molar-refractivity contribution in [2.45, 2.75) is 37.9 Å². The van der Waals surface area contributed by atoms with Crippen molar-refractivity contribution in [3.8, 4) is 0 Å². The lowest BCUT2D eigenvalue weighted by molar-refractivity contribution is -0.122. The summed E-state index contributed by atoms with van der Waals surface area (Å²) >= 11 is 0. The fraction of sp³-hybridized carbons (Fsp3) is 0.533. The average Bonchev–Trinajstić information content (AvgIpc) is 2.76. The van der Waals surface area contributed by atoms with Gasteiger partial charge in [-0.15, -0.1) is 0 Å². The van der Waals surface area contributed by atoms with Gasteiger partial charge in [0.15, 0.2) is 0 Å². The van der Waals surface area contributed by atoms with Crippen LogP contribution in [0.2, 0.25) is 0 Å². The van der Waals surface area contributed by atoms with Gasteiger partial charge in [-0.05, 0) is 18.9 Å². The Morgan fingerprint density at radius 1 is 1.47 bits per heavy atom. The molecule has 1 aromatic rings. The van der Waals surface area contributed by atoms with Gasteiger partial charge >= 0.3 is 0 Å². The summed E-state index contributed by atoms with van der Waals surface area (Å²) in [6, 6.07) is 9.91. The van der Waals surface area contributed by atoms with E-state index < -0.39 is 5.60 Å². The van der Waals surface area contributed by atoms with E-state index in [2.05, 4.69) is 5.32 Å². The number of aliphatic hydroxyl groups is 1. The van der Waals surface area contributed by atoms with E-state index in [1.807, 2.05) is 37.3 Å². The van der Waals surface area contributed by atoms with E-state index in [0.29, 0.717) is 19.4 Å². The third-order valence-electron chi connectivity index (χ3n) is 3.73. The number of rotatable bonds is 5. The van der Waals surface area contributed by atoms with Crippen LogP contribution in [-0.4, -0.2) is 35.9 Å². The molecule has 0 saturated carbocycles. The average molecular weight is 263 g/mol. The first-order chi connectivity index (χ1) is 9.10. The van der Waals surface area contributed by atoms with Crippen LogP contribution in [0.1, 0.15) is 25.3 Å². The Hall–Kier alpha value is -1.39. The Kier molecular flexibility index (Phi) is 4.56. The minimum Gasteiger partial charge on any atom is -0.385 e. The maximum absolute atomic E-state index is 11.8. The van der Waals surface area contributed by atoms with Crippen LogP contribution in [0.4, 0.5) is 0 Å². The van der Waals surface area contributed by atoms with Crippen LogP contribution in [0, 0.1) is 0 Å². The van der Waals surface area contributed by atoms with Gasteiger partial charge in [0.25, 0.3) is 0 Å². The second-order valence-electron chi connectivity index (χ2n) is 5.13. The first kappa shape index (κ1) is 14.0. The quantitative estimate of drug-likeness (QED) is 0.841. The lowest BCUT2D eigenvalue weighted by Gasteiger charge is -2.26. The smallest absolute Gasteiger partial charge is 0.220 e. The molecule has 0 spiro atoms. The Morgan fingerprint density at radius 3 is 2.84 bits per heavy atom. The van der Waals surface area contributed by atoms with Crippen molar-refractivity contribution in [3.05, 3.63) is 35.9 Å². The minimum atomic E-state index is -0.914. The topological polar surface area (TPSA) is 58.6 Å². The van der Waals surface area contributed by atoms with Gasteiger partial charge in [-0.3, -0.25) is 4.79 Å². The maximum atomic E-state index is 11.8. The van der Waals surface area contributed by atoms with E-state index in [9.17, 15) is 9.90 Å². The molecule has 0 aliphatic carbocycles. The summed E-state index contributed by atoms with van der Waals surface area (Å²) in [4.78, 5) is 11.8. The Bertz CT molecular complexity index is 421. The molecule has 1 amide bonds. The Balaban J connectivity index is 1.73. The molecule has 2 atom stereocenters. The van der Waals surface area contributed by atoms with E-state index in [1.54, 1.807) is 0 Å². The van der Waals surface area contributed by atoms with Gasteiger partial charge in [-0.1, -0.05) is 30.3 Å². The molecule has 0 bridgehead atoms. The highest BCUT2D eigenvalue weighted by molar-refractivity contribution is 5.76. The van der Waals surface area contributed by atoms with E-state index in [0.717, 1.165) is 12.0 Å². The minimum absolute atomic E-state index is 0.0311.